The minimum atomic E-state index is -0.969. The second-order valence-corrected chi connectivity index (χ2v) is 5.09. The molecule has 0 spiro atoms. The van der Waals surface area contributed by atoms with Crippen molar-refractivity contribution in [2.45, 2.75) is 25.3 Å². The van der Waals surface area contributed by atoms with E-state index in [1.54, 1.807) is 6.20 Å². The van der Waals surface area contributed by atoms with E-state index in [0.717, 1.165) is 37.2 Å². The van der Waals surface area contributed by atoms with Crippen LogP contribution in [0.5, 0.6) is 0 Å². The number of rotatable bonds is 2. The number of piperidine rings is 1. The number of aromatic nitrogens is 1. The van der Waals surface area contributed by atoms with E-state index in [1.807, 2.05) is 6.07 Å². The Morgan fingerprint density at radius 3 is 2.90 bits per heavy atom. The number of fused-ring (bicyclic) bond motifs is 1. The number of pyridine rings is 1. The highest BCUT2D eigenvalue weighted by Gasteiger charge is 2.27. The van der Waals surface area contributed by atoms with Crippen LogP contribution in [0.3, 0.4) is 0 Å². The summed E-state index contributed by atoms with van der Waals surface area (Å²) in [7, 11) is 0. The minimum absolute atomic E-state index is 0.0124. The van der Waals surface area contributed by atoms with Crippen LogP contribution >= 0.6 is 0 Å². The van der Waals surface area contributed by atoms with Crippen LogP contribution in [0.2, 0.25) is 0 Å². The molecule has 0 saturated carbocycles. The average Bonchev–Trinajstić information content (AvgIpc) is 2.79. The van der Waals surface area contributed by atoms with Gasteiger partial charge < -0.3 is 20.6 Å². The molecule has 0 aromatic carbocycles. The highest BCUT2D eigenvalue weighted by Crippen LogP contribution is 2.31. The molecule has 2 amide bonds. The van der Waals surface area contributed by atoms with Gasteiger partial charge in [-0.05, 0) is 18.9 Å². The van der Waals surface area contributed by atoms with Crippen molar-refractivity contribution in [3.8, 4) is 0 Å². The van der Waals surface area contributed by atoms with Crippen LogP contribution in [0.15, 0.2) is 12.3 Å². The van der Waals surface area contributed by atoms with E-state index in [9.17, 15) is 9.59 Å². The van der Waals surface area contributed by atoms with E-state index < -0.39 is 6.09 Å². The number of nitrogens with one attached hydrogen (secondary N) is 2. The van der Waals surface area contributed by atoms with Crippen molar-refractivity contribution in [2.24, 2.45) is 0 Å². The Hall–Kier alpha value is -2.31. The standard InChI is InChI=1S/C13H16N4O3/c18-11-7-9-10(1-4-14-12(9)16-11)17-5-2-8(3-6-17)15-13(19)20/h1,4,8,15H,2-3,5-7H2,(H,19,20)(H,14,16,18). The molecular weight excluding hydrogens is 260 g/mol. The maximum absolute atomic E-state index is 11.5. The lowest BCUT2D eigenvalue weighted by atomic mass is 10.0. The molecule has 0 aliphatic carbocycles. The van der Waals surface area contributed by atoms with Gasteiger partial charge in [-0.1, -0.05) is 0 Å². The highest BCUT2D eigenvalue weighted by molar-refractivity contribution is 6.00. The number of hydrogen-bond acceptors (Lipinski definition) is 4. The zero-order chi connectivity index (χ0) is 14.1. The van der Waals surface area contributed by atoms with E-state index in [2.05, 4.69) is 20.5 Å². The van der Waals surface area contributed by atoms with Crippen LogP contribution in [-0.4, -0.2) is 41.2 Å². The number of amides is 2. The van der Waals surface area contributed by atoms with Crippen molar-refractivity contribution in [3.05, 3.63) is 17.8 Å². The molecule has 3 N–H and O–H groups in total. The third-order valence-corrected chi connectivity index (χ3v) is 3.79. The van der Waals surface area contributed by atoms with Crippen LogP contribution in [-0.2, 0) is 11.2 Å². The third kappa shape index (κ3) is 2.38. The molecule has 7 heteroatoms. The molecule has 0 atom stereocenters. The molecule has 106 valence electrons. The molecule has 0 radical (unpaired) electrons. The molecule has 1 saturated heterocycles. The number of nitrogens with zero attached hydrogens (tertiary/aromatic N) is 2. The van der Waals surface area contributed by atoms with Gasteiger partial charge in [0, 0.05) is 36.6 Å². The molecule has 1 fully saturated rings. The summed E-state index contributed by atoms with van der Waals surface area (Å²) < 4.78 is 0. The Morgan fingerprint density at radius 2 is 2.20 bits per heavy atom. The van der Waals surface area contributed by atoms with Crippen molar-refractivity contribution in [3.63, 3.8) is 0 Å². The average molecular weight is 276 g/mol. The Labute approximate surface area is 116 Å². The smallest absolute Gasteiger partial charge is 0.404 e. The summed E-state index contributed by atoms with van der Waals surface area (Å²) in [5, 5.41) is 14.0. The fourth-order valence-corrected chi connectivity index (χ4v) is 2.84. The Balaban J connectivity index is 1.72. The summed E-state index contributed by atoms with van der Waals surface area (Å²) in [6, 6.07) is 1.93. The number of carbonyl (C=O) groups is 2. The number of carbonyl (C=O) groups excluding carboxylic acids is 1. The van der Waals surface area contributed by atoms with Crippen LogP contribution in [0.1, 0.15) is 18.4 Å². The summed E-state index contributed by atoms with van der Waals surface area (Å²) in [5.41, 5.74) is 1.98. The van der Waals surface area contributed by atoms with Gasteiger partial charge in [0.15, 0.2) is 0 Å². The molecule has 20 heavy (non-hydrogen) atoms. The number of carboxylic acid groups (broad SMARTS) is 1. The van der Waals surface area contributed by atoms with Gasteiger partial charge in [-0.15, -0.1) is 0 Å². The first-order chi connectivity index (χ1) is 9.63. The number of anilines is 2. The minimum Gasteiger partial charge on any atom is -0.465 e. The van der Waals surface area contributed by atoms with Crippen molar-refractivity contribution in [1.29, 1.82) is 0 Å². The van der Waals surface area contributed by atoms with Gasteiger partial charge in [-0.3, -0.25) is 4.79 Å². The van der Waals surface area contributed by atoms with Crippen LogP contribution in [0.4, 0.5) is 16.3 Å². The fraction of sp³-hybridized carbons (Fsp3) is 0.462. The number of hydrogen-bond donors (Lipinski definition) is 3. The topological polar surface area (TPSA) is 94.6 Å². The Morgan fingerprint density at radius 1 is 1.45 bits per heavy atom. The molecular formula is C13H16N4O3. The van der Waals surface area contributed by atoms with Crippen LogP contribution < -0.4 is 15.5 Å². The van der Waals surface area contributed by atoms with E-state index >= 15 is 0 Å². The summed E-state index contributed by atoms with van der Waals surface area (Å²) in [6.45, 7) is 1.55. The van der Waals surface area contributed by atoms with E-state index in [0.29, 0.717) is 12.2 Å². The summed E-state index contributed by atoms with van der Waals surface area (Å²) in [6.07, 6.45) is 2.63. The van der Waals surface area contributed by atoms with Crippen LogP contribution in [0, 0.1) is 0 Å². The van der Waals surface area contributed by atoms with E-state index in [1.165, 1.54) is 0 Å². The zero-order valence-electron chi connectivity index (χ0n) is 10.9. The monoisotopic (exact) mass is 276 g/mol. The molecule has 1 aromatic heterocycles. The predicted octanol–water partition coefficient (Wildman–Crippen LogP) is 0.813. The van der Waals surface area contributed by atoms with Gasteiger partial charge in [-0.25, -0.2) is 9.78 Å². The molecule has 2 aliphatic heterocycles. The van der Waals surface area contributed by atoms with E-state index in [4.69, 9.17) is 5.11 Å². The lowest BCUT2D eigenvalue weighted by molar-refractivity contribution is -0.115. The second kappa shape index (κ2) is 4.99. The highest BCUT2D eigenvalue weighted by atomic mass is 16.4. The van der Waals surface area contributed by atoms with Crippen LogP contribution in [0.25, 0.3) is 0 Å². The van der Waals surface area contributed by atoms with Crippen molar-refractivity contribution < 1.29 is 14.7 Å². The molecule has 1 aromatic rings. The van der Waals surface area contributed by atoms with Gasteiger partial charge in [0.05, 0.1) is 6.42 Å². The summed E-state index contributed by atoms with van der Waals surface area (Å²) in [4.78, 5) is 28.5. The molecule has 7 nitrogen and oxygen atoms in total. The molecule has 0 bridgehead atoms. The first kappa shape index (κ1) is 12.7. The molecule has 3 heterocycles. The van der Waals surface area contributed by atoms with Gasteiger partial charge in [-0.2, -0.15) is 0 Å². The molecule has 2 aliphatic rings. The largest absolute Gasteiger partial charge is 0.465 e. The normalized spacial score (nSPS) is 18.6. The third-order valence-electron chi connectivity index (χ3n) is 3.79. The Kier molecular flexibility index (Phi) is 3.17. The first-order valence-corrected chi connectivity index (χ1v) is 6.65. The van der Waals surface area contributed by atoms with Gasteiger partial charge in [0.25, 0.3) is 0 Å². The maximum Gasteiger partial charge on any atom is 0.404 e. The van der Waals surface area contributed by atoms with Crippen molar-refractivity contribution in [2.75, 3.05) is 23.3 Å². The van der Waals surface area contributed by atoms with Gasteiger partial charge in [0.1, 0.15) is 5.82 Å². The lowest BCUT2D eigenvalue weighted by Crippen LogP contribution is -2.44. The predicted molar refractivity (Wildman–Crippen MR) is 73.0 cm³/mol. The van der Waals surface area contributed by atoms with Crippen molar-refractivity contribution >= 4 is 23.5 Å². The van der Waals surface area contributed by atoms with Gasteiger partial charge >= 0.3 is 6.09 Å². The maximum atomic E-state index is 11.5. The molecule has 0 unspecified atom stereocenters. The Bertz CT molecular complexity index is 553. The van der Waals surface area contributed by atoms with Crippen molar-refractivity contribution in [1.82, 2.24) is 10.3 Å². The SMILES string of the molecule is O=C(O)NC1CCN(c2ccnc3c2CC(=O)N3)CC1. The zero-order valence-corrected chi connectivity index (χ0v) is 10.9. The van der Waals surface area contributed by atoms with E-state index in [-0.39, 0.29) is 11.9 Å². The quantitative estimate of drug-likeness (QED) is 0.743. The fourth-order valence-electron chi connectivity index (χ4n) is 2.84. The second-order valence-electron chi connectivity index (χ2n) is 5.09. The molecule has 3 rings (SSSR count). The lowest BCUT2D eigenvalue weighted by Gasteiger charge is -2.34. The van der Waals surface area contributed by atoms with Gasteiger partial charge in [0.2, 0.25) is 5.91 Å². The summed E-state index contributed by atoms with van der Waals surface area (Å²) in [5.74, 6) is 0.626. The first-order valence-electron chi connectivity index (χ1n) is 6.65. The summed E-state index contributed by atoms with van der Waals surface area (Å²) >= 11 is 0.